The van der Waals surface area contributed by atoms with Crippen molar-refractivity contribution in [3.05, 3.63) is 17.5 Å². The molecule has 0 saturated carbocycles. The van der Waals surface area contributed by atoms with E-state index >= 15 is 0 Å². The van der Waals surface area contributed by atoms with Gasteiger partial charge in [-0.1, -0.05) is 19.0 Å². The van der Waals surface area contributed by atoms with Crippen LogP contribution in [-0.2, 0) is 6.54 Å². The molecule has 2 heterocycles. The van der Waals surface area contributed by atoms with Crippen molar-refractivity contribution in [2.45, 2.75) is 58.9 Å². The van der Waals surface area contributed by atoms with Gasteiger partial charge in [0.2, 0.25) is 0 Å². The van der Waals surface area contributed by atoms with E-state index in [0.29, 0.717) is 12.5 Å². The highest BCUT2D eigenvalue weighted by atomic mass is 16.5. The van der Waals surface area contributed by atoms with Gasteiger partial charge in [0, 0.05) is 19.2 Å². The van der Waals surface area contributed by atoms with E-state index in [0.717, 1.165) is 30.5 Å². The normalized spacial score (nSPS) is 16.1. The van der Waals surface area contributed by atoms with Gasteiger partial charge in [0.15, 0.2) is 11.7 Å². The molecule has 1 saturated heterocycles. The van der Waals surface area contributed by atoms with Crippen molar-refractivity contribution in [1.82, 2.24) is 20.7 Å². The third-order valence-corrected chi connectivity index (χ3v) is 4.30. The van der Waals surface area contributed by atoms with Crippen LogP contribution >= 0.6 is 0 Å². The number of aliphatic imine (C=N–C) groups is 1. The Labute approximate surface area is 146 Å². The van der Waals surface area contributed by atoms with Gasteiger partial charge in [-0.3, -0.25) is 0 Å². The minimum Gasteiger partial charge on any atom is -0.359 e. The molecule has 6 heteroatoms. The van der Waals surface area contributed by atoms with Crippen molar-refractivity contribution in [3.8, 4) is 0 Å². The van der Waals surface area contributed by atoms with Crippen LogP contribution in [0.15, 0.2) is 15.6 Å². The molecule has 0 radical (unpaired) electrons. The van der Waals surface area contributed by atoms with Crippen LogP contribution in [0.5, 0.6) is 0 Å². The Kier molecular flexibility index (Phi) is 8.08. The van der Waals surface area contributed by atoms with Crippen LogP contribution in [-0.4, -0.2) is 48.7 Å². The summed E-state index contributed by atoms with van der Waals surface area (Å²) in [5, 5.41) is 10.8. The first-order valence-electron chi connectivity index (χ1n) is 9.39. The van der Waals surface area contributed by atoms with E-state index in [1.165, 1.54) is 45.3 Å². The maximum Gasteiger partial charge on any atom is 0.191 e. The molecule has 0 amide bonds. The molecule has 0 aliphatic carbocycles. The Balaban J connectivity index is 1.69. The monoisotopic (exact) mass is 335 g/mol. The summed E-state index contributed by atoms with van der Waals surface area (Å²) in [4.78, 5) is 7.15. The Hall–Kier alpha value is -1.56. The lowest BCUT2D eigenvalue weighted by Gasteiger charge is -2.15. The maximum absolute atomic E-state index is 5.34. The molecule has 0 bridgehead atoms. The van der Waals surface area contributed by atoms with E-state index in [1.807, 2.05) is 6.07 Å². The van der Waals surface area contributed by atoms with E-state index in [1.54, 1.807) is 0 Å². The van der Waals surface area contributed by atoms with Crippen molar-refractivity contribution >= 4 is 5.96 Å². The quantitative estimate of drug-likeness (QED) is 0.413. The first-order valence-corrected chi connectivity index (χ1v) is 9.39. The zero-order valence-electron chi connectivity index (χ0n) is 15.5. The van der Waals surface area contributed by atoms with Crippen LogP contribution in [0, 0.1) is 0 Å². The number of hydrogen-bond acceptors (Lipinski definition) is 4. The Morgan fingerprint density at radius 1 is 1.29 bits per heavy atom. The molecule has 0 aromatic carbocycles. The van der Waals surface area contributed by atoms with Crippen LogP contribution in [0.1, 0.15) is 63.8 Å². The van der Waals surface area contributed by atoms with Crippen LogP contribution in [0.3, 0.4) is 0 Å². The van der Waals surface area contributed by atoms with E-state index in [-0.39, 0.29) is 0 Å². The lowest BCUT2D eigenvalue weighted by atomic mass is 10.1. The lowest BCUT2D eigenvalue weighted by molar-refractivity contribution is 0.330. The SMILES string of the molecule is CCNC(=NCc1cc(C(C)C)no1)NCCCCN1CCCC1. The summed E-state index contributed by atoms with van der Waals surface area (Å²) in [6, 6.07) is 1.99. The van der Waals surface area contributed by atoms with Gasteiger partial charge < -0.3 is 20.1 Å². The van der Waals surface area contributed by atoms with Crippen LogP contribution in [0.2, 0.25) is 0 Å². The van der Waals surface area contributed by atoms with Crippen LogP contribution in [0.4, 0.5) is 0 Å². The van der Waals surface area contributed by atoms with Gasteiger partial charge in [-0.25, -0.2) is 4.99 Å². The highest BCUT2D eigenvalue weighted by molar-refractivity contribution is 5.79. The lowest BCUT2D eigenvalue weighted by Crippen LogP contribution is -2.38. The van der Waals surface area contributed by atoms with E-state index in [4.69, 9.17) is 4.52 Å². The second-order valence-electron chi connectivity index (χ2n) is 6.75. The highest BCUT2D eigenvalue weighted by Crippen LogP contribution is 2.14. The fourth-order valence-corrected chi connectivity index (χ4v) is 2.85. The minimum absolute atomic E-state index is 0.383. The smallest absolute Gasteiger partial charge is 0.191 e. The van der Waals surface area contributed by atoms with Crippen molar-refractivity contribution in [1.29, 1.82) is 0 Å². The summed E-state index contributed by atoms with van der Waals surface area (Å²) in [5.74, 6) is 2.04. The second-order valence-corrected chi connectivity index (χ2v) is 6.75. The topological polar surface area (TPSA) is 65.7 Å². The Morgan fingerprint density at radius 3 is 2.75 bits per heavy atom. The number of nitrogens with zero attached hydrogens (tertiary/aromatic N) is 3. The number of unbranched alkanes of at least 4 members (excludes halogenated alkanes) is 1. The molecule has 2 N–H and O–H groups in total. The standard InChI is InChI=1S/C18H33N5O/c1-4-19-18(20-9-5-6-10-23-11-7-8-12-23)21-14-16-13-17(15(2)3)22-24-16/h13,15H,4-12,14H2,1-3H3,(H2,19,20,21). The molecule has 0 atom stereocenters. The number of guanidine groups is 1. The summed E-state index contributed by atoms with van der Waals surface area (Å²) in [6.07, 6.45) is 5.15. The average molecular weight is 335 g/mol. The van der Waals surface area contributed by atoms with Gasteiger partial charge in [-0.15, -0.1) is 0 Å². The summed E-state index contributed by atoms with van der Waals surface area (Å²) in [5.41, 5.74) is 0.986. The van der Waals surface area contributed by atoms with Crippen molar-refractivity contribution in [3.63, 3.8) is 0 Å². The maximum atomic E-state index is 5.34. The largest absolute Gasteiger partial charge is 0.359 e. The fraction of sp³-hybridized carbons (Fsp3) is 0.778. The molecule has 1 aliphatic rings. The van der Waals surface area contributed by atoms with Gasteiger partial charge in [-0.2, -0.15) is 0 Å². The Bertz CT molecular complexity index is 491. The molecule has 136 valence electrons. The first-order chi connectivity index (χ1) is 11.7. The number of nitrogens with one attached hydrogen (secondary N) is 2. The van der Waals surface area contributed by atoms with Gasteiger partial charge in [0.05, 0.1) is 5.69 Å². The van der Waals surface area contributed by atoms with E-state index in [9.17, 15) is 0 Å². The molecule has 1 aliphatic heterocycles. The van der Waals surface area contributed by atoms with Gasteiger partial charge in [-0.05, 0) is 58.2 Å². The van der Waals surface area contributed by atoms with Crippen molar-refractivity contribution in [2.24, 2.45) is 4.99 Å². The number of likely N-dealkylation sites (tertiary alicyclic amines) is 1. The van der Waals surface area contributed by atoms with Gasteiger partial charge in [0.25, 0.3) is 0 Å². The molecule has 1 aromatic rings. The molecule has 0 unspecified atom stereocenters. The molecule has 1 aromatic heterocycles. The molecule has 6 nitrogen and oxygen atoms in total. The molecule has 24 heavy (non-hydrogen) atoms. The summed E-state index contributed by atoms with van der Waals surface area (Å²) >= 11 is 0. The molecule has 1 fully saturated rings. The first kappa shape index (κ1) is 18.8. The molecule has 0 spiro atoms. The van der Waals surface area contributed by atoms with Crippen molar-refractivity contribution in [2.75, 3.05) is 32.7 Å². The summed E-state index contributed by atoms with van der Waals surface area (Å²) in [6.45, 7) is 12.4. The van der Waals surface area contributed by atoms with Gasteiger partial charge in [0.1, 0.15) is 6.54 Å². The zero-order valence-corrected chi connectivity index (χ0v) is 15.5. The number of rotatable bonds is 9. The van der Waals surface area contributed by atoms with Crippen molar-refractivity contribution < 1.29 is 4.52 Å². The number of hydrogen-bond donors (Lipinski definition) is 2. The average Bonchev–Trinajstić information content (AvgIpc) is 3.23. The summed E-state index contributed by atoms with van der Waals surface area (Å²) < 4.78 is 5.34. The highest BCUT2D eigenvalue weighted by Gasteiger charge is 2.10. The predicted octanol–water partition coefficient (Wildman–Crippen LogP) is 2.73. The Morgan fingerprint density at radius 2 is 2.08 bits per heavy atom. The number of aromatic nitrogens is 1. The zero-order chi connectivity index (χ0) is 17.2. The van der Waals surface area contributed by atoms with Gasteiger partial charge >= 0.3 is 0 Å². The van der Waals surface area contributed by atoms with Crippen LogP contribution < -0.4 is 10.6 Å². The van der Waals surface area contributed by atoms with E-state index < -0.39 is 0 Å². The second kappa shape index (κ2) is 10.3. The fourth-order valence-electron chi connectivity index (χ4n) is 2.85. The molecular formula is C18H33N5O. The molecule has 2 rings (SSSR count). The minimum atomic E-state index is 0.383. The van der Waals surface area contributed by atoms with E-state index in [2.05, 4.69) is 46.5 Å². The third kappa shape index (κ3) is 6.51. The predicted molar refractivity (Wildman–Crippen MR) is 98.3 cm³/mol. The molecular weight excluding hydrogens is 302 g/mol. The third-order valence-electron chi connectivity index (χ3n) is 4.30. The summed E-state index contributed by atoms with van der Waals surface area (Å²) in [7, 11) is 0. The van der Waals surface area contributed by atoms with Crippen LogP contribution in [0.25, 0.3) is 0 Å².